The Balaban J connectivity index is 2.29. The molecular weight excluding hydrogens is 209 g/mol. The lowest BCUT2D eigenvalue weighted by atomic mass is 10.2. The Bertz CT molecular complexity index is 363. The summed E-state index contributed by atoms with van der Waals surface area (Å²) in [6.45, 7) is 1.84. The number of aromatic nitrogens is 2. The van der Waals surface area contributed by atoms with Crippen molar-refractivity contribution in [1.29, 1.82) is 0 Å². The zero-order chi connectivity index (χ0) is 11.0. The zero-order valence-electron chi connectivity index (χ0n) is 8.01. The molecule has 1 fully saturated rings. The van der Waals surface area contributed by atoms with Gasteiger partial charge in [-0.1, -0.05) is 0 Å². The fourth-order valence-corrected chi connectivity index (χ4v) is 1.55. The first kappa shape index (κ1) is 10.4. The molecule has 1 saturated heterocycles. The van der Waals surface area contributed by atoms with E-state index in [1.165, 1.54) is 0 Å². The minimum absolute atomic E-state index is 0.00905. The maximum atomic E-state index is 12.8. The van der Waals surface area contributed by atoms with Crippen molar-refractivity contribution in [3.8, 4) is 0 Å². The molecule has 3 nitrogen and oxygen atoms in total. The van der Waals surface area contributed by atoms with Crippen LogP contribution in [0.1, 0.15) is 31.7 Å². The number of nitrogens with zero attached hydrogens (tertiary/aromatic N) is 2. The maximum absolute atomic E-state index is 12.8. The third kappa shape index (κ3) is 1.94. The SMILES string of the molecule is CC1CCC(c2nc(F)c(F)c(F)n2)O1. The van der Waals surface area contributed by atoms with Gasteiger partial charge in [-0.15, -0.1) is 0 Å². The van der Waals surface area contributed by atoms with Crippen molar-refractivity contribution >= 4 is 0 Å². The van der Waals surface area contributed by atoms with Crippen molar-refractivity contribution in [2.24, 2.45) is 0 Å². The summed E-state index contributed by atoms with van der Waals surface area (Å²) in [4.78, 5) is 6.46. The summed E-state index contributed by atoms with van der Waals surface area (Å²) in [5.74, 6) is -4.72. The van der Waals surface area contributed by atoms with Gasteiger partial charge in [-0.25, -0.2) is 0 Å². The quantitative estimate of drug-likeness (QED) is 0.677. The van der Waals surface area contributed by atoms with Gasteiger partial charge in [0.15, 0.2) is 5.82 Å². The standard InChI is InChI=1S/C9H9F3N2O/c1-4-2-3-5(15-4)9-13-7(11)6(10)8(12)14-9/h4-5H,2-3H2,1H3. The highest BCUT2D eigenvalue weighted by Crippen LogP contribution is 2.30. The summed E-state index contributed by atoms with van der Waals surface area (Å²) in [5.41, 5.74) is 0. The van der Waals surface area contributed by atoms with Crippen LogP contribution in [0.2, 0.25) is 0 Å². The molecule has 2 unspecified atom stereocenters. The van der Waals surface area contributed by atoms with Crippen molar-refractivity contribution in [1.82, 2.24) is 9.97 Å². The topological polar surface area (TPSA) is 35.0 Å². The Morgan fingerprint density at radius 3 is 2.20 bits per heavy atom. The molecule has 0 radical (unpaired) electrons. The Labute approximate surface area is 84.3 Å². The largest absolute Gasteiger partial charge is 0.367 e. The second-order valence-electron chi connectivity index (χ2n) is 3.49. The summed E-state index contributed by atoms with van der Waals surface area (Å²) >= 11 is 0. The van der Waals surface area contributed by atoms with Crippen LogP contribution in [0.15, 0.2) is 0 Å². The van der Waals surface area contributed by atoms with E-state index in [1.54, 1.807) is 0 Å². The van der Waals surface area contributed by atoms with E-state index in [0.717, 1.165) is 6.42 Å². The molecule has 0 bridgehead atoms. The number of hydrogen-bond acceptors (Lipinski definition) is 3. The van der Waals surface area contributed by atoms with Crippen LogP contribution in [-0.2, 0) is 4.74 Å². The molecule has 1 aliphatic heterocycles. The van der Waals surface area contributed by atoms with E-state index >= 15 is 0 Å². The first-order valence-corrected chi connectivity index (χ1v) is 4.62. The predicted molar refractivity (Wildman–Crippen MR) is 44.4 cm³/mol. The summed E-state index contributed by atoms with van der Waals surface area (Å²) in [6.07, 6.45) is 0.833. The van der Waals surface area contributed by atoms with Crippen LogP contribution in [0.5, 0.6) is 0 Å². The van der Waals surface area contributed by atoms with Gasteiger partial charge in [0.25, 0.3) is 11.9 Å². The number of hydrogen-bond donors (Lipinski definition) is 0. The molecule has 1 aliphatic rings. The summed E-state index contributed by atoms with van der Waals surface area (Å²) < 4.78 is 43.4. The minimum atomic E-state index is -1.65. The Morgan fingerprint density at radius 2 is 1.73 bits per heavy atom. The Morgan fingerprint density at radius 1 is 1.13 bits per heavy atom. The molecule has 6 heteroatoms. The molecular formula is C9H9F3N2O. The summed E-state index contributed by atoms with van der Waals surface area (Å²) in [6, 6.07) is 0. The third-order valence-corrected chi connectivity index (χ3v) is 2.31. The van der Waals surface area contributed by atoms with E-state index in [0.29, 0.717) is 6.42 Å². The number of rotatable bonds is 1. The van der Waals surface area contributed by atoms with Gasteiger partial charge in [-0.3, -0.25) is 0 Å². The summed E-state index contributed by atoms with van der Waals surface area (Å²) in [7, 11) is 0. The van der Waals surface area contributed by atoms with Gasteiger partial charge in [0, 0.05) is 0 Å². The van der Waals surface area contributed by atoms with Crippen molar-refractivity contribution in [2.75, 3.05) is 0 Å². The lowest BCUT2D eigenvalue weighted by Crippen LogP contribution is -2.10. The van der Waals surface area contributed by atoms with Gasteiger partial charge in [0.05, 0.1) is 6.10 Å². The molecule has 0 spiro atoms. The highest BCUT2D eigenvalue weighted by Gasteiger charge is 2.27. The average molecular weight is 218 g/mol. The average Bonchev–Trinajstić information content (AvgIpc) is 2.60. The van der Waals surface area contributed by atoms with E-state index in [4.69, 9.17) is 4.74 Å². The van der Waals surface area contributed by atoms with E-state index < -0.39 is 23.8 Å². The van der Waals surface area contributed by atoms with Crippen LogP contribution in [0, 0.1) is 17.7 Å². The van der Waals surface area contributed by atoms with Crippen LogP contribution < -0.4 is 0 Å². The van der Waals surface area contributed by atoms with E-state index in [9.17, 15) is 13.2 Å². The molecule has 2 heterocycles. The van der Waals surface area contributed by atoms with Gasteiger partial charge < -0.3 is 4.74 Å². The van der Waals surface area contributed by atoms with Gasteiger partial charge in [0.2, 0.25) is 5.82 Å². The molecule has 2 atom stereocenters. The molecule has 15 heavy (non-hydrogen) atoms. The normalized spacial score (nSPS) is 25.9. The van der Waals surface area contributed by atoms with E-state index in [-0.39, 0.29) is 11.9 Å². The Kier molecular flexibility index (Phi) is 2.60. The first-order chi connectivity index (χ1) is 7.08. The number of ether oxygens (including phenoxy) is 1. The smallest absolute Gasteiger partial charge is 0.255 e. The molecule has 2 rings (SSSR count). The van der Waals surface area contributed by atoms with Crippen molar-refractivity contribution in [3.05, 3.63) is 23.5 Å². The third-order valence-electron chi connectivity index (χ3n) is 2.31. The Hall–Kier alpha value is -1.17. The highest BCUT2D eigenvalue weighted by molar-refractivity contribution is 5.00. The fraction of sp³-hybridized carbons (Fsp3) is 0.556. The van der Waals surface area contributed by atoms with Crippen LogP contribution in [0.3, 0.4) is 0 Å². The molecule has 0 saturated carbocycles. The second kappa shape index (κ2) is 3.77. The summed E-state index contributed by atoms with van der Waals surface area (Å²) in [5, 5.41) is 0. The molecule has 0 aliphatic carbocycles. The minimum Gasteiger partial charge on any atom is -0.367 e. The van der Waals surface area contributed by atoms with E-state index in [1.807, 2.05) is 6.92 Å². The van der Waals surface area contributed by atoms with Crippen LogP contribution in [0.4, 0.5) is 13.2 Å². The van der Waals surface area contributed by atoms with Gasteiger partial charge in [0.1, 0.15) is 6.10 Å². The van der Waals surface area contributed by atoms with E-state index in [2.05, 4.69) is 9.97 Å². The van der Waals surface area contributed by atoms with Crippen LogP contribution in [0.25, 0.3) is 0 Å². The van der Waals surface area contributed by atoms with Crippen LogP contribution >= 0.6 is 0 Å². The van der Waals surface area contributed by atoms with Crippen molar-refractivity contribution in [3.63, 3.8) is 0 Å². The monoisotopic (exact) mass is 218 g/mol. The van der Waals surface area contributed by atoms with Gasteiger partial charge in [-0.05, 0) is 19.8 Å². The maximum Gasteiger partial charge on any atom is 0.255 e. The second-order valence-corrected chi connectivity index (χ2v) is 3.49. The molecule has 82 valence electrons. The molecule has 1 aromatic rings. The lowest BCUT2D eigenvalue weighted by molar-refractivity contribution is 0.0487. The molecule has 0 aromatic carbocycles. The van der Waals surface area contributed by atoms with Gasteiger partial charge >= 0.3 is 0 Å². The molecule has 1 aromatic heterocycles. The zero-order valence-corrected chi connectivity index (χ0v) is 8.01. The van der Waals surface area contributed by atoms with Crippen molar-refractivity contribution in [2.45, 2.75) is 32.0 Å². The molecule has 0 N–H and O–H groups in total. The van der Waals surface area contributed by atoms with Crippen LogP contribution in [-0.4, -0.2) is 16.1 Å². The number of halogens is 3. The fourth-order valence-electron chi connectivity index (χ4n) is 1.55. The predicted octanol–water partition coefficient (Wildman–Crippen LogP) is 2.13. The van der Waals surface area contributed by atoms with Crippen molar-refractivity contribution < 1.29 is 17.9 Å². The lowest BCUT2D eigenvalue weighted by Gasteiger charge is -2.09. The van der Waals surface area contributed by atoms with Gasteiger partial charge in [-0.2, -0.15) is 23.1 Å². The first-order valence-electron chi connectivity index (χ1n) is 4.62. The molecule has 0 amide bonds. The highest BCUT2D eigenvalue weighted by atomic mass is 19.2.